The third-order valence-corrected chi connectivity index (χ3v) is 6.88. The van der Waals surface area contributed by atoms with Crippen molar-refractivity contribution in [2.75, 3.05) is 10.6 Å². The van der Waals surface area contributed by atoms with Gasteiger partial charge < -0.3 is 19.8 Å². The Morgan fingerprint density at radius 3 is 2.60 bits per heavy atom. The summed E-state index contributed by atoms with van der Waals surface area (Å²) in [6.45, 7) is 1.31. The SMILES string of the molecule is Cc1cn(-c2cc(NC(=O)Cn3ccc4cccc(Nc5ccc6c(cnn6C)c5)c4c3=O)cc(C(F)(F)F)c2)cn1. The fraction of sp³-hybridized carbons (Fsp3) is 0.133. The van der Waals surface area contributed by atoms with E-state index in [-0.39, 0.29) is 11.4 Å². The first-order valence-corrected chi connectivity index (χ1v) is 12.9. The van der Waals surface area contributed by atoms with Crippen molar-refractivity contribution in [3.8, 4) is 5.69 Å². The average Bonchev–Trinajstić information content (AvgIpc) is 3.55. The highest BCUT2D eigenvalue weighted by molar-refractivity contribution is 5.96. The third kappa shape index (κ3) is 5.21. The van der Waals surface area contributed by atoms with Gasteiger partial charge in [-0.05, 0) is 60.8 Å². The fourth-order valence-corrected chi connectivity index (χ4v) is 4.87. The first kappa shape index (κ1) is 26.8. The van der Waals surface area contributed by atoms with Crippen LogP contribution in [0.4, 0.5) is 30.2 Å². The van der Waals surface area contributed by atoms with Gasteiger partial charge in [-0.15, -0.1) is 0 Å². The number of nitrogens with zero attached hydrogens (tertiary/aromatic N) is 5. The smallest absolute Gasteiger partial charge is 0.355 e. The van der Waals surface area contributed by atoms with E-state index in [2.05, 4.69) is 20.7 Å². The van der Waals surface area contributed by atoms with E-state index in [4.69, 9.17) is 0 Å². The van der Waals surface area contributed by atoms with Crippen molar-refractivity contribution < 1.29 is 18.0 Å². The molecule has 212 valence electrons. The Labute approximate surface area is 236 Å². The standard InChI is InChI=1S/C30H24F3N7O2/c1-18-15-40(17-34-18)24-12-21(30(31,32)33)11-23(13-24)37-27(41)16-39-9-8-19-4-3-5-25(28(19)29(39)42)36-22-6-7-26-20(10-22)14-35-38(26)2/h3-15,17,36H,16H2,1-2H3,(H,37,41). The summed E-state index contributed by atoms with van der Waals surface area (Å²) in [5, 5.41) is 12.0. The number of nitrogens with one attached hydrogen (secondary N) is 2. The number of alkyl halides is 3. The van der Waals surface area contributed by atoms with Crippen molar-refractivity contribution in [1.29, 1.82) is 0 Å². The van der Waals surface area contributed by atoms with Gasteiger partial charge in [-0.1, -0.05) is 12.1 Å². The monoisotopic (exact) mass is 571 g/mol. The zero-order chi connectivity index (χ0) is 29.6. The highest BCUT2D eigenvalue weighted by Crippen LogP contribution is 2.33. The molecule has 0 atom stereocenters. The predicted octanol–water partition coefficient (Wildman–Crippen LogP) is 5.78. The number of anilines is 3. The van der Waals surface area contributed by atoms with E-state index in [1.807, 2.05) is 31.3 Å². The Morgan fingerprint density at radius 2 is 1.83 bits per heavy atom. The number of rotatable bonds is 6. The number of aryl methyl sites for hydroxylation is 2. The van der Waals surface area contributed by atoms with Crippen molar-refractivity contribution in [3.63, 3.8) is 0 Å². The van der Waals surface area contributed by atoms with Gasteiger partial charge in [0.25, 0.3) is 5.56 Å². The number of amides is 1. The summed E-state index contributed by atoms with van der Waals surface area (Å²) in [4.78, 5) is 30.6. The molecule has 0 unspecified atom stereocenters. The summed E-state index contributed by atoms with van der Waals surface area (Å²) >= 11 is 0. The first-order chi connectivity index (χ1) is 20.0. The van der Waals surface area contributed by atoms with E-state index in [0.717, 1.165) is 28.7 Å². The maximum atomic E-state index is 13.6. The summed E-state index contributed by atoms with van der Waals surface area (Å²) in [5.41, 5.74) is 1.66. The van der Waals surface area contributed by atoms with E-state index >= 15 is 0 Å². The number of halogens is 3. The number of hydrogen-bond donors (Lipinski definition) is 2. The van der Waals surface area contributed by atoms with Crippen LogP contribution >= 0.6 is 0 Å². The normalized spacial score (nSPS) is 11.7. The second-order valence-corrected chi connectivity index (χ2v) is 9.92. The van der Waals surface area contributed by atoms with Gasteiger partial charge in [-0.3, -0.25) is 14.3 Å². The Morgan fingerprint density at radius 1 is 1.00 bits per heavy atom. The molecule has 0 aliphatic heterocycles. The molecule has 6 aromatic rings. The molecule has 42 heavy (non-hydrogen) atoms. The number of imidazole rings is 1. The molecular weight excluding hydrogens is 547 g/mol. The van der Waals surface area contributed by atoms with E-state index < -0.39 is 29.8 Å². The second-order valence-electron chi connectivity index (χ2n) is 9.92. The molecule has 0 aliphatic rings. The molecule has 0 saturated heterocycles. The molecule has 6 rings (SSSR count). The molecular formula is C30H24F3N7O2. The molecule has 0 spiro atoms. The van der Waals surface area contributed by atoms with Crippen LogP contribution in [0.2, 0.25) is 0 Å². The highest BCUT2D eigenvalue weighted by atomic mass is 19.4. The van der Waals surface area contributed by atoms with E-state index in [1.165, 1.54) is 27.7 Å². The Hall–Kier alpha value is -5.39. The highest BCUT2D eigenvalue weighted by Gasteiger charge is 2.31. The summed E-state index contributed by atoms with van der Waals surface area (Å²) in [7, 11) is 1.85. The minimum atomic E-state index is -4.63. The van der Waals surface area contributed by atoms with Gasteiger partial charge in [0, 0.05) is 41.9 Å². The van der Waals surface area contributed by atoms with E-state index in [1.54, 1.807) is 42.2 Å². The minimum absolute atomic E-state index is 0.0573. The number of carbonyl (C=O) groups is 1. The van der Waals surface area contributed by atoms with Crippen molar-refractivity contribution >= 4 is 44.6 Å². The molecule has 3 heterocycles. The van der Waals surface area contributed by atoms with Crippen molar-refractivity contribution in [2.24, 2.45) is 7.05 Å². The lowest BCUT2D eigenvalue weighted by atomic mass is 10.1. The molecule has 0 aliphatic carbocycles. The molecule has 0 radical (unpaired) electrons. The average molecular weight is 572 g/mol. The predicted molar refractivity (Wildman–Crippen MR) is 154 cm³/mol. The third-order valence-electron chi connectivity index (χ3n) is 6.88. The van der Waals surface area contributed by atoms with Gasteiger partial charge in [0.1, 0.15) is 6.54 Å². The molecule has 12 heteroatoms. The van der Waals surface area contributed by atoms with Crippen LogP contribution in [0.1, 0.15) is 11.3 Å². The Kier molecular flexibility index (Phi) is 6.52. The Bertz CT molecular complexity index is 2040. The molecule has 9 nitrogen and oxygen atoms in total. The number of pyridine rings is 1. The van der Waals surface area contributed by atoms with Crippen LogP contribution in [0.5, 0.6) is 0 Å². The summed E-state index contributed by atoms with van der Waals surface area (Å²) in [5.74, 6) is -0.656. The molecule has 1 amide bonds. The van der Waals surface area contributed by atoms with Gasteiger partial charge in [-0.25, -0.2) is 4.98 Å². The van der Waals surface area contributed by atoms with Crippen LogP contribution in [0.25, 0.3) is 27.4 Å². The Balaban J connectivity index is 1.29. The van der Waals surface area contributed by atoms with Gasteiger partial charge in [0.05, 0.1) is 40.4 Å². The molecule has 0 saturated carbocycles. The zero-order valence-electron chi connectivity index (χ0n) is 22.5. The zero-order valence-corrected chi connectivity index (χ0v) is 22.5. The lowest BCUT2D eigenvalue weighted by Crippen LogP contribution is -2.27. The van der Waals surface area contributed by atoms with Crippen LogP contribution < -0.4 is 16.2 Å². The number of benzene rings is 3. The molecule has 0 fully saturated rings. The molecule has 3 aromatic carbocycles. The van der Waals surface area contributed by atoms with Gasteiger partial charge in [0.2, 0.25) is 5.91 Å². The number of fused-ring (bicyclic) bond motifs is 2. The van der Waals surface area contributed by atoms with Gasteiger partial charge in [0.15, 0.2) is 0 Å². The lowest BCUT2D eigenvalue weighted by Gasteiger charge is -2.15. The minimum Gasteiger partial charge on any atom is -0.355 e. The second kappa shape index (κ2) is 10.2. The van der Waals surface area contributed by atoms with E-state index in [0.29, 0.717) is 22.2 Å². The van der Waals surface area contributed by atoms with Crippen molar-refractivity contribution in [3.05, 3.63) is 107 Å². The molecule has 0 bridgehead atoms. The first-order valence-electron chi connectivity index (χ1n) is 12.9. The molecule has 3 aromatic heterocycles. The van der Waals surface area contributed by atoms with Crippen molar-refractivity contribution in [2.45, 2.75) is 19.6 Å². The summed E-state index contributed by atoms with van der Waals surface area (Å²) in [6, 6.07) is 16.1. The van der Waals surface area contributed by atoms with Gasteiger partial charge >= 0.3 is 6.18 Å². The maximum absolute atomic E-state index is 13.6. The van der Waals surface area contributed by atoms with Crippen molar-refractivity contribution in [1.82, 2.24) is 23.9 Å². The van der Waals surface area contributed by atoms with Crippen LogP contribution in [0.15, 0.2) is 90.4 Å². The number of hydrogen-bond acceptors (Lipinski definition) is 5. The van der Waals surface area contributed by atoms with Gasteiger partial charge in [-0.2, -0.15) is 18.3 Å². The largest absolute Gasteiger partial charge is 0.416 e. The summed E-state index contributed by atoms with van der Waals surface area (Å²) < 4.78 is 45.3. The molecule has 2 N–H and O–H groups in total. The van der Waals surface area contributed by atoms with Crippen LogP contribution in [-0.4, -0.2) is 29.8 Å². The number of aromatic nitrogens is 5. The maximum Gasteiger partial charge on any atom is 0.416 e. The fourth-order valence-electron chi connectivity index (χ4n) is 4.87. The quantitative estimate of drug-likeness (QED) is 0.264. The lowest BCUT2D eigenvalue weighted by molar-refractivity contribution is -0.137. The van der Waals surface area contributed by atoms with Crippen LogP contribution in [0, 0.1) is 6.92 Å². The van der Waals surface area contributed by atoms with Crippen LogP contribution in [-0.2, 0) is 24.6 Å². The van der Waals surface area contributed by atoms with E-state index in [9.17, 15) is 22.8 Å². The van der Waals surface area contributed by atoms with Crippen LogP contribution in [0.3, 0.4) is 0 Å². The summed E-state index contributed by atoms with van der Waals surface area (Å²) in [6.07, 6.45) is 1.58. The number of carbonyl (C=O) groups excluding carboxylic acids is 1. The topological polar surface area (TPSA) is 98.8 Å².